The predicted octanol–water partition coefficient (Wildman–Crippen LogP) is 0.882. The van der Waals surface area contributed by atoms with Gasteiger partial charge in [0.15, 0.2) is 11.6 Å². The number of methoxy groups -OCH3 is 1. The highest BCUT2D eigenvalue weighted by Crippen LogP contribution is 2.23. The zero-order valence-corrected chi connectivity index (χ0v) is 13.3. The Hall–Kier alpha value is -1.74. The predicted molar refractivity (Wildman–Crippen MR) is 78.0 cm³/mol. The van der Waals surface area contributed by atoms with Crippen LogP contribution in [0.1, 0.15) is 6.92 Å². The Morgan fingerprint density at radius 3 is 2.50 bits per heavy atom. The van der Waals surface area contributed by atoms with E-state index in [1.807, 2.05) is 0 Å². The van der Waals surface area contributed by atoms with E-state index in [9.17, 15) is 22.0 Å². The lowest BCUT2D eigenvalue weighted by atomic mass is 10.2. The summed E-state index contributed by atoms with van der Waals surface area (Å²) in [5.41, 5.74) is -0.129. The van der Waals surface area contributed by atoms with Gasteiger partial charge in [-0.3, -0.25) is 9.10 Å². The third-order valence-electron chi connectivity index (χ3n) is 2.85. The highest BCUT2D eigenvalue weighted by atomic mass is 32.2. The highest BCUT2D eigenvalue weighted by molar-refractivity contribution is 7.92. The first-order valence-electron chi connectivity index (χ1n) is 6.39. The molecule has 0 heterocycles. The largest absolute Gasteiger partial charge is 0.383 e. The Labute approximate surface area is 128 Å². The van der Waals surface area contributed by atoms with E-state index in [1.54, 1.807) is 0 Å². The third kappa shape index (κ3) is 4.63. The molecule has 1 atom stereocenters. The number of nitrogens with zero attached hydrogens (tertiary/aromatic N) is 1. The Kier molecular flexibility index (Phi) is 6.24. The number of hydrogen-bond donors (Lipinski definition) is 1. The van der Waals surface area contributed by atoms with Crippen molar-refractivity contribution >= 4 is 21.6 Å². The van der Waals surface area contributed by atoms with E-state index in [0.717, 1.165) is 28.8 Å². The number of carbonyl (C=O) groups excluding carboxylic acids is 1. The van der Waals surface area contributed by atoms with Crippen LogP contribution in [0.2, 0.25) is 0 Å². The van der Waals surface area contributed by atoms with Crippen LogP contribution in [0.3, 0.4) is 0 Å². The molecule has 124 valence electrons. The second-order valence-corrected chi connectivity index (χ2v) is 6.48. The molecule has 6 nitrogen and oxygen atoms in total. The molecule has 1 amide bonds. The van der Waals surface area contributed by atoms with Gasteiger partial charge < -0.3 is 10.1 Å². The van der Waals surface area contributed by atoms with Crippen molar-refractivity contribution in [3.8, 4) is 0 Å². The smallest absolute Gasteiger partial charge is 0.243 e. The summed E-state index contributed by atoms with van der Waals surface area (Å²) in [4.78, 5) is 12.0. The van der Waals surface area contributed by atoms with Crippen molar-refractivity contribution in [2.75, 3.05) is 30.8 Å². The van der Waals surface area contributed by atoms with E-state index in [-0.39, 0.29) is 18.8 Å². The fraction of sp³-hybridized carbons (Fsp3) is 0.462. The van der Waals surface area contributed by atoms with Gasteiger partial charge in [-0.05, 0) is 19.1 Å². The van der Waals surface area contributed by atoms with Crippen LogP contribution in [0.5, 0.6) is 0 Å². The van der Waals surface area contributed by atoms with Gasteiger partial charge in [0.1, 0.15) is 6.04 Å². The molecule has 9 heteroatoms. The van der Waals surface area contributed by atoms with Gasteiger partial charge in [-0.2, -0.15) is 0 Å². The summed E-state index contributed by atoms with van der Waals surface area (Å²) in [6, 6.07) is 1.50. The first-order valence-corrected chi connectivity index (χ1v) is 8.24. The number of benzene rings is 1. The average Bonchev–Trinajstić information content (AvgIpc) is 2.41. The van der Waals surface area contributed by atoms with Gasteiger partial charge in [0, 0.05) is 19.7 Å². The topological polar surface area (TPSA) is 75.7 Å². The van der Waals surface area contributed by atoms with E-state index in [4.69, 9.17) is 4.74 Å². The molecule has 0 spiro atoms. The molecular formula is C13H18F2N2O4S. The van der Waals surface area contributed by atoms with Gasteiger partial charge in [-0.25, -0.2) is 17.2 Å². The molecule has 0 saturated carbocycles. The number of hydrogen-bond acceptors (Lipinski definition) is 4. The molecule has 0 fully saturated rings. The summed E-state index contributed by atoms with van der Waals surface area (Å²) in [6.07, 6.45) is 0.882. The SMILES string of the molecule is COCCNC(=O)[C@@H](C)N(c1ccc(F)c(F)c1)S(C)(=O)=O. The number of sulfonamides is 1. The molecular weight excluding hydrogens is 318 g/mol. The second-order valence-electron chi connectivity index (χ2n) is 4.62. The molecule has 0 unspecified atom stereocenters. The molecule has 0 aliphatic rings. The Bertz CT molecular complexity index is 637. The lowest BCUT2D eigenvalue weighted by Gasteiger charge is -2.28. The van der Waals surface area contributed by atoms with Gasteiger partial charge in [0.2, 0.25) is 15.9 Å². The fourth-order valence-electron chi connectivity index (χ4n) is 1.85. The zero-order chi connectivity index (χ0) is 16.9. The van der Waals surface area contributed by atoms with Crippen molar-refractivity contribution in [1.82, 2.24) is 5.32 Å². The number of rotatable bonds is 7. The molecule has 0 radical (unpaired) electrons. The molecule has 1 N–H and O–H groups in total. The maximum atomic E-state index is 13.3. The second kappa shape index (κ2) is 7.50. The summed E-state index contributed by atoms with van der Waals surface area (Å²) in [7, 11) is -2.41. The summed E-state index contributed by atoms with van der Waals surface area (Å²) in [6.45, 7) is 1.82. The highest BCUT2D eigenvalue weighted by Gasteiger charge is 2.29. The quantitative estimate of drug-likeness (QED) is 0.750. The number of amides is 1. The molecule has 0 aliphatic carbocycles. The van der Waals surface area contributed by atoms with Gasteiger partial charge in [-0.1, -0.05) is 0 Å². The van der Waals surface area contributed by atoms with Crippen LogP contribution in [0.15, 0.2) is 18.2 Å². The van der Waals surface area contributed by atoms with E-state index in [2.05, 4.69) is 5.32 Å². The van der Waals surface area contributed by atoms with Crippen LogP contribution in [0.4, 0.5) is 14.5 Å². The molecule has 0 aromatic heterocycles. The number of nitrogens with one attached hydrogen (secondary N) is 1. The molecule has 0 bridgehead atoms. The number of carbonyl (C=O) groups is 1. The summed E-state index contributed by atoms with van der Waals surface area (Å²) >= 11 is 0. The molecule has 22 heavy (non-hydrogen) atoms. The first-order chi connectivity index (χ1) is 10.2. The summed E-state index contributed by atoms with van der Waals surface area (Å²) in [5.74, 6) is -2.88. The maximum absolute atomic E-state index is 13.3. The maximum Gasteiger partial charge on any atom is 0.243 e. The van der Waals surface area contributed by atoms with Crippen molar-refractivity contribution < 1.29 is 26.7 Å². The monoisotopic (exact) mass is 336 g/mol. The minimum absolute atomic E-state index is 0.129. The van der Waals surface area contributed by atoms with Crippen molar-refractivity contribution in [1.29, 1.82) is 0 Å². The number of halogens is 2. The number of ether oxygens (including phenoxy) is 1. The van der Waals surface area contributed by atoms with Crippen LogP contribution in [0.25, 0.3) is 0 Å². The third-order valence-corrected chi connectivity index (χ3v) is 4.09. The standard InChI is InChI=1S/C13H18F2N2O4S/c1-9(13(18)16-6-7-21-2)17(22(3,19)20)10-4-5-11(14)12(15)8-10/h4-5,8-9H,6-7H2,1-3H3,(H,16,18)/t9-/m1/s1. The Morgan fingerprint density at radius 1 is 1.36 bits per heavy atom. The summed E-state index contributed by atoms with van der Waals surface area (Å²) < 4.78 is 55.6. The lowest BCUT2D eigenvalue weighted by molar-refractivity contribution is -0.122. The van der Waals surface area contributed by atoms with E-state index in [1.165, 1.54) is 14.0 Å². The van der Waals surface area contributed by atoms with Crippen molar-refractivity contribution in [2.24, 2.45) is 0 Å². The van der Waals surface area contributed by atoms with Gasteiger partial charge in [0.25, 0.3) is 0 Å². The van der Waals surface area contributed by atoms with Gasteiger partial charge in [-0.15, -0.1) is 0 Å². The van der Waals surface area contributed by atoms with Gasteiger partial charge >= 0.3 is 0 Å². The Balaban J connectivity index is 3.08. The van der Waals surface area contributed by atoms with E-state index >= 15 is 0 Å². The minimum Gasteiger partial charge on any atom is -0.383 e. The fourth-order valence-corrected chi connectivity index (χ4v) is 3.02. The molecule has 1 aromatic carbocycles. The van der Waals surface area contributed by atoms with Crippen LogP contribution in [0, 0.1) is 11.6 Å². The van der Waals surface area contributed by atoms with Crippen molar-refractivity contribution in [3.63, 3.8) is 0 Å². The Morgan fingerprint density at radius 2 is 2.00 bits per heavy atom. The molecule has 1 aromatic rings. The van der Waals surface area contributed by atoms with Crippen LogP contribution >= 0.6 is 0 Å². The normalized spacial score (nSPS) is 12.8. The van der Waals surface area contributed by atoms with Crippen LogP contribution < -0.4 is 9.62 Å². The van der Waals surface area contributed by atoms with Crippen molar-refractivity contribution in [2.45, 2.75) is 13.0 Å². The zero-order valence-electron chi connectivity index (χ0n) is 12.5. The van der Waals surface area contributed by atoms with Crippen LogP contribution in [-0.4, -0.2) is 46.9 Å². The van der Waals surface area contributed by atoms with E-state index in [0.29, 0.717) is 0 Å². The van der Waals surface area contributed by atoms with Crippen LogP contribution in [-0.2, 0) is 19.6 Å². The molecule has 0 saturated heterocycles. The minimum atomic E-state index is -3.87. The lowest BCUT2D eigenvalue weighted by Crippen LogP contribution is -2.48. The first kappa shape index (κ1) is 18.3. The molecule has 0 aliphatic heterocycles. The summed E-state index contributed by atoms with van der Waals surface area (Å²) in [5, 5.41) is 2.49. The van der Waals surface area contributed by atoms with E-state index < -0.39 is 33.6 Å². The molecule has 1 rings (SSSR count). The van der Waals surface area contributed by atoms with Crippen molar-refractivity contribution in [3.05, 3.63) is 29.8 Å². The average molecular weight is 336 g/mol. The van der Waals surface area contributed by atoms with Gasteiger partial charge in [0.05, 0.1) is 18.6 Å². The number of anilines is 1.